The van der Waals surface area contributed by atoms with Crippen LogP contribution >= 0.6 is 12.4 Å². The Bertz CT molecular complexity index is 605. The highest BCUT2D eigenvalue weighted by atomic mass is 35.5. The molecule has 2 N–H and O–H groups in total. The normalized spacial score (nSPS) is 23.4. The molecule has 2 amide bonds. The molecular formula is C21H32ClN3O2. The molecule has 0 bridgehead atoms. The first kappa shape index (κ1) is 21.7. The van der Waals surface area contributed by atoms with Crippen molar-refractivity contribution in [2.75, 3.05) is 26.2 Å². The van der Waals surface area contributed by atoms with Crippen molar-refractivity contribution in [2.45, 2.75) is 51.0 Å². The summed E-state index contributed by atoms with van der Waals surface area (Å²) in [6, 6.07) is 10.0. The molecule has 0 spiro atoms. The molecule has 150 valence electrons. The average Bonchev–Trinajstić information content (AvgIpc) is 3.23. The molecule has 27 heavy (non-hydrogen) atoms. The van der Waals surface area contributed by atoms with Crippen LogP contribution in [0.4, 0.5) is 0 Å². The highest BCUT2D eigenvalue weighted by Crippen LogP contribution is 2.25. The molecule has 2 fully saturated rings. The molecule has 0 aromatic heterocycles. The second-order valence-electron chi connectivity index (χ2n) is 7.56. The van der Waals surface area contributed by atoms with Gasteiger partial charge in [0.1, 0.15) is 0 Å². The van der Waals surface area contributed by atoms with Crippen LogP contribution in [-0.4, -0.2) is 48.9 Å². The van der Waals surface area contributed by atoms with Crippen molar-refractivity contribution in [1.29, 1.82) is 0 Å². The number of nitrogens with one attached hydrogen (secondary N) is 2. The maximum Gasteiger partial charge on any atom is 0.237 e. The van der Waals surface area contributed by atoms with Crippen molar-refractivity contribution >= 4 is 24.2 Å². The number of nitrogens with zero attached hydrogens (tertiary/aromatic N) is 1. The first-order valence-corrected chi connectivity index (χ1v) is 10.0. The molecule has 2 saturated heterocycles. The van der Waals surface area contributed by atoms with Gasteiger partial charge >= 0.3 is 0 Å². The zero-order valence-electron chi connectivity index (χ0n) is 16.2. The molecule has 2 aliphatic heterocycles. The van der Waals surface area contributed by atoms with Gasteiger partial charge in [0, 0.05) is 19.6 Å². The Hall–Kier alpha value is -1.59. The number of rotatable bonds is 6. The van der Waals surface area contributed by atoms with Gasteiger partial charge in [-0.25, -0.2) is 0 Å². The second kappa shape index (κ2) is 10.7. The predicted octanol–water partition coefficient (Wildman–Crippen LogP) is 2.71. The summed E-state index contributed by atoms with van der Waals surface area (Å²) < 4.78 is 0. The quantitative estimate of drug-likeness (QED) is 0.781. The number of hydrogen-bond donors (Lipinski definition) is 2. The van der Waals surface area contributed by atoms with Crippen LogP contribution in [-0.2, 0) is 9.59 Å². The molecule has 1 aromatic rings. The van der Waals surface area contributed by atoms with Crippen molar-refractivity contribution in [2.24, 2.45) is 5.92 Å². The standard InChI is InChI=1S/C21H31N3O2.ClH/c1-2-18(17-9-4-3-5-10-17)21(26)24-13-7-8-16(15-24)14-23-20(25)19-11-6-12-22-19;/h3-5,9-10,16,18-19,22H,2,6-8,11-15H2,1H3,(H,23,25);1H. The van der Waals surface area contributed by atoms with Crippen LogP contribution in [0.1, 0.15) is 50.5 Å². The van der Waals surface area contributed by atoms with E-state index in [1.54, 1.807) is 0 Å². The van der Waals surface area contributed by atoms with E-state index in [1.807, 2.05) is 35.2 Å². The Balaban J connectivity index is 0.00000261. The molecule has 6 heteroatoms. The van der Waals surface area contributed by atoms with Gasteiger partial charge < -0.3 is 15.5 Å². The third kappa shape index (κ3) is 5.69. The number of benzene rings is 1. The van der Waals surface area contributed by atoms with Crippen LogP contribution in [0.5, 0.6) is 0 Å². The Labute approximate surface area is 168 Å². The molecule has 1 aromatic carbocycles. The topological polar surface area (TPSA) is 61.4 Å². The van der Waals surface area contributed by atoms with E-state index >= 15 is 0 Å². The van der Waals surface area contributed by atoms with Gasteiger partial charge in [-0.2, -0.15) is 0 Å². The third-order valence-corrected chi connectivity index (χ3v) is 5.68. The summed E-state index contributed by atoms with van der Waals surface area (Å²) >= 11 is 0. The van der Waals surface area contributed by atoms with E-state index in [-0.39, 0.29) is 36.2 Å². The molecule has 0 aliphatic carbocycles. The van der Waals surface area contributed by atoms with Crippen molar-refractivity contribution in [3.8, 4) is 0 Å². The minimum Gasteiger partial charge on any atom is -0.354 e. The van der Waals surface area contributed by atoms with Crippen LogP contribution in [0.25, 0.3) is 0 Å². The third-order valence-electron chi connectivity index (χ3n) is 5.68. The van der Waals surface area contributed by atoms with Crippen molar-refractivity contribution in [3.05, 3.63) is 35.9 Å². The summed E-state index contributed by atoms with van der Waals surface area (Å²) in [7, 11) is 0. The number of hydrogen-bond acceptors (Lipinski definition) is 3. The molecular weight excluding hydrogens is 362 g/mol. The molecule has 0 saturated carbocycles. The minimum atomic E-state index is -0.0628. The molecule has 3 unspecified atom stereocenters. The van der Waals surface area contributed by atoms with Crippen LogP contribution in [0, 0.1) is 5.92 Å². The number of piperidine rings is 1. The summed E-state index contributed by atoms with van der Waals surface area (Å²) in [5.41, 5.74) is 1.10. The predicted molar refractivity (Wildman–Crippen MR) is 110 cm³/mol. The van der Waals surface area contributed by atoms with E-state index in [4.69, 9.17) is 0 Å². The summed E-state index contributed by atoms with van der Waals surface area (Å²) in [6.07, 6.45) is 4.90. The monoisotopic (exact) mass is 393 g/mol. The van der Waals surface area contributed by atoms with Gasteiger partial charge in [0.05, 0.1) is 12.0 Å². The van der Waals surface area contributed by atoms with Crippen LogP contribution < -0.4 is 10.6 Å². The lowest BCUT2D eigenvalue weighted by Crippen LogP contribution is -2.47. The summed E-state index contributed by atoms with van der Waals surface area (Å²) in [5, 5.41) is 6.32. The van der Waals surface area contributed by atoms with Crippen LogP contribution in [0.3, 0.4) is 0 Å². The van der Waals surface area contributed by atoms with E-state index < -0.39 is 0 Å². The smallest absolute Gasteiger partial charge is 0.237 e. The Morgan fingerprint density at radius 1 is 1.22 bits per heavy atom. The molecule has 2 aliphatic rings. The lowest BCUT2D eigenvalue weighted by Gasteiger charge is -2.35. The lowest BCUT2D eigenvalue weighted by molar-refractivity contribution is -0.134. The van der Waals surface area contributed by atoms with Gasteiger partial charge in [-0.15, -0.1) is 12.4 Å². The summed E-state index contributed by atoms with van der Waals surface area (Å²) in [6.45, 7) is 5.26. The van der Waals surface area contributed by atoms with Crippen molar-refractivity contribution < 1.29 is 9.59 Å². The van der Waals surface area contributed by atoms with Gasteiger partial charge in [-0.1, -0.05) is 37.3 Å². The molecule has 2 heterocycles. The maximum atomic E-state index is 13.1. The zero-order valence-corrected chi connectivity index (χ0v) is 17.0. The summed E-state index contributed by atoms with van der Waals surface area (Å²) in [4.78, 5) is 27.2. The van der Waals surface area contributed by atoms with Gasteiger partial charge in [0.25, 0.3) is 0 Å². The van der Waals surface area contributed by atoms with Crippen molar-refractivity contribution in [3.63, 3.8) is 0 Å². The van der Waals surface area contributed by atoms with Gasteiger partial charge in [-0.3, -0.25) is 9.59 Å². The fourth-order valence-corrected chi connectivity index (χ4v) is 4.17. The van der Waals surface area contributed by atoms with Gasteiger partial charge in [0.15, 0.2) is 0 Å². The zero-order chi connectivity index (χ0) is 18.4. The van der Waals surface area contributed by atoms with Crippen LogP contribution in [0.15, 0.2) is 30.3 Å². The highest BCUT2D eigenvalue weighted by Gasteiger charge is 2.29. The van der Waals surface area contributed by atoms with E-state index in [0.717, 1.165) is 57.3 Å². The second-order valence-corrected chi connectivity index (χ2v) is 7.56. The Morgan fingerprint density at radius 2 is 2.00 bits per heavy atom. The number of likely N-dealkylation sites (tertiary alicyclic amines) is 1. The maximum absolute atomic E-state index is 13.1. The number of amides is 2. The number of halogens is 1. The molecule has 3 atom stereocenters. The van der Waals surface area contributed by atoms with Crippen molar-refractivity contribution in [1.82, 2.24) is 15.5 Å². The average molecular weight is 394 g/mol. The fraction of sp³-hybridized carbons (Fsp3) is 0.619. The minimum absolute atomic E-state index is 0. The SMILES string of the molecule is CCC(C(=O)N1CCCC(CNC(=O)C2CCCN2)C1)c1ccccc1.Cl. The Morgan fingerprint density at radius 3 is 2.67 bits per heavy atom. The highest BCUT2D eigenvalue weighted by molar-refractivity contribution is 5.85. The van der Waals surface area contributed by atoms with E-state index in [0.29, 0.717) is 12.5 Å². The first-order valence-electron chi connectivity index (χ1n) is 10.0. The van der Waals surface area contributed by atoms with Gasteiger partial charge in [0.2, 0.25) is 11.8 Å². The van der Waals surface area contributed by atoms with E-state index in [1.165, 1.54) is 0 Å². The van der Waals surface area contributed by atoms with Gasteiger partial charge in [-0.05, 0) is 50.1 Å². The van der Waals surface area contributed by atoms with E-state index in [9.17, 15) is 9.59 Å². The number of carbonyl (C=O) groups excluding carboxylic acids is 2. The molecule has 5 nitrogen and oxygen atoms in total. The summed E-state index contributed by atoms with van der Waals surface area (Å²) in [5.74, 6) is 0.632. The number of carbonyl (C=O) groups is 2. The fourth-order valence-electron chi connectivity index (χ4n) is 4.17. The Kier molecular flexibility index (Phi) is 8.58. The lowest BCUT2D eigenvalue weighted by atomic mass is 9.92. The largest absolute Gasteiger partial charge is 0.354 e. The first-order chi connectivity index (χ1) is 12.7. The van der Waals surface area contributed by atoms with Crippen LogP contribution in [0.2, 0.25) is 0 Å². The van der Waals surface area contributed by atoms with E-state index in [2.05, 4.69) is 17.6 Å². The molecule has 0 radical (unpaired) electrons. The molecule has 3 rings (SSSR count).